The fourth-order valence-electron chi connectivity index (χ4n) is 3.64. The summed E-state index contributed by atoms with van der Waals surface area (Å²) in [6.45, 7) is 5.98. The van der Waals surface area contributed by atoms with E-state index in [1.807, 2.05) is 17.0 Å². The van der Waals surface area contributed by atoms with Crippen molar-refractivity contribution < 1.29 is 4.79 Å². The molecule has 2 saturated heterocycles. The first-order valence-corrected chi connectivity index (χ1v) is 9.82. The van der Waals surface area contributed by atoms with Crippen LogP contribution in [-0.4, -0.2) is 56.5 Å². The first kappa shape index (κ1) is 21.9. The number of guanidine groups is 1. The number of anilines is 1. The van der Waals surface area contributed by atoms with Gasteiger partial charge in [-0.05, 0) is 50.0 Å². The molecular formula is C20H32IN5O. The summed E-state index contributed by atoms with van der Waals surface area (Å²) in [5.41, 5.74) is 2.18. The predicted molar refractivity (Wildman–Crippen MR) is 122 cm³/mol. The van der Waals surface area contributed by atoms with Crippen LogP contribution in [0, 0.1) is 0 Å². The number of likely N-dealkylation sites (tertiary alicyclic amines) is 1. The van der Waals surface area contributed by atoms with E-state index in [9.17, 15) is 4.79 Å². The number of piperidine rings is 1. The third-order valence-electron chi connectivity index (χ3n) is 5.17. The Morgan fingerprint density at radius 3 is 2.41 bits per heavy atom. The Hall–Kier alpha value is -1.35. The van der Waals surface area contributed by atoms with Crippen LogP contribution in [0.2, 0.25) is 0 Å². The molecule has 7 heteroatoms. The van der Waals surface area contributed by atoms with E-state index < -0.39 is 0 Å². The summed E-state index contributed by atoms with van der Waals surface area (Å²) in [7, 11) is 1.80. The molecule has 3 rings (SSSR count). The van der Waals surface area contributed by atoms with E-state index in [-0.39, 0.29) is 29.9 Å². The Labute approximate surface area is 179 Å². The topological polar surface area (TPSA) is 60.0 Å². The van der Waals surface area contributed by atoms with Crippen LogP contribution in [0.4, 0.5) is 5.69 Å². The van der Waals surface area contributed by atoms with Crippen molar-refractivity contribution in [2.24, 2.45) is 4.99 Å². The van der Waals surface area contributed by atoms with E-state index >= 15 is 0 Å². The lowest BCUT2D eigenvalue weighted by Gasteiger charge is -2.26. The van der Waals surface area contributed by atoms with Gasteiger partial charge in [0.15, 0.2) is 5.96 Å². The number of rotatable bonds is 6. The molecule has 2 N–H and O–H groups in total. The van der Waals surface area contributed by atoms with Gasteiger partial charge in [0.1, 0.15) is 0 Å². The molecule has 0 saturated carbocycles. The summed E-state index contributed by atoms with van der Waals surface area (Å²) in [6, 6.07) is 8.23. The maximum atomic E-state index is 11.8. The van der Waals surface area contributed by atoms with Crippen LogP contribution in [0.25, 0.3) is 0 Å². The number of halogens is 1. The van der Waals surface area contributed by atoms with Gasteiger partial charge in [-0.2, -0.15) is 0 Å². The Morgan fingerprint density at radius 2 is 1.78 bits per heavy atom. The molecule has 2 heterocycles. The summed E-state index contributed by atoms with van der Waals surface area (Å²) in [6.07, 6.45) is 5.65. The number of carbonyl (C=O) groups is 1. The van der Waals surface area contributed by atoms with E-state index in [1.54, 1.807) is 7.05 Å². The monoisotopic (exact) mass is 485 g/mol. The minimum absolute atomic E-state index is 0. The molecule has 0 aromatic heterocycles. The highest BCUT2D eigenvalue weighted by Crippen LogP contribution is 2.21. The molecule has 2 aliphatic rings. The second-order valence-electron chi connectivity index (χ2n) is 7.07. The molecule has 0 radical (unpaired) electrons. The van der Waals surface area contributed by atoms with Crippen molar-refractivity contribution in [1.82, 2.24) is 15.5 Å². The van der Waals surface area contributed by atoms with E-state index in [0.29, 0.717) is 6.42 Å². The summed E-state index contributed by atoms with van der Waals surface area (Å²) >= 11 is 0. The number of hydrogen-bond acceptors (Lipinski definition) is 3. The van der Waals surface area contributed by atoms with Gasteiger partial charge in [-0.3, -0.25) is 9.79 Å². The molecule has 0 atom stereocenters. The molecule has 0 unspecified atom stereocenters. The maximum absolute atomic E-state index is 11.8. The SMILES string of the molecule is CN=C(NCCN1CCCCC1)NCc1ccc(N2CCCC2=O)cc1.I. The van der Waals surface area contributed by atoms with Crippen molar-refractivity contribution in [2.45, 2.75) is 38.6 Å². The zero-order valence-corrected chi connectivity index (χ0v) is 18.6. The van der Waals surface area contributed by atoms with Crippen LogP contribution < -0.4 is 15.5 Å². The predicted octanol–water partition coefficient (Wildman–Crippen LogP) is 2.58. The first-order valence-electron chi connectivity index (χ1n) is 9.82. The maximum Gasteiger partial charge on any atom is 0.227 e. The van der Waals surface area contributed by atoms with Gasteiger partial charge >= 0.3 is 0 Å². The molecule has 2 aliphatic heterocycles. The molecule has 0 spiro atoms. The zero-order chi connectivity index (χ0) is 18.2. The number of hydrogen-bond donors (Lipinski definition) is 2. The van der Waals surface area contributed by atoms with Gasteiger partial charge in [-0.25, -0.2) is 0 Å². The minimum atomic E-state index is 0. The molecule has 1 amide bonds. The Balaban J connectivity index is 0.00000261. The third kappa shape index (κ3) is 6.64. The molecule has 1 aromatic rings. The standard InChI is InChI=1S/C20H31N5O.HI/c1-21-20(22-11-15-24-12-3-2-4-13-24)23-16-17-7-9-18(10-8-17)25-14-5-6-19(25)26;/h7-10H,2-6,11-16H2,1H3,(H2,21,22,23);1H. The molecule has 0 aliphatic carbocycles. The van der Waals surface area contributed by atoms with Crippen molar-refractivity contribution in [3.8, 4) is 0 Å². The van der Waals surface area contributed by atoms with Crippen molar-refractivity contribution >= 4 is 41.5 Å². The van der Waals surface area contributed by atoms with Crippen LogP contribution in [0.5, 0.6) is 0 Å². The molecule has 6 nitrogen and oxygen atoms in total. The fraction of sp³-hybridized carbons (Fsp3) is 0.600. The van der Waals surface area contributed by atoms with Crippen molar-refractivity contribution in [2.75, 3.05) is 44.7 Å². The molecule has 150 valence electrons. The smallest absolute Gasteiger partial charge is 0.227 e. The first-order chi connectivity index (χ1) is 12.8. The Kier molecular flexibility index (Phi) is 9.33. The Bertz CT molecular complexity index is 613. The number of benzene rings is 1. The number of aliphatic imine (C=N–C) groups is 1. The second-order valence-corrected chi connectivity index (χ2v) is 7.07. The lowest BCUT2D eigenvalue weighted by atomic mass is 10.1. The lowest BCUT2D eigenvalue weighted by molar-refractivity contribution is -0.117. The molecule has 0 bridgehead atoms. The van der Waals surface area contributed by atoms with Gasteiger partial charge in [0, 0.05) is 45.3 Å². The minimum Gasteiger partial charge on any atom is -0.355 e. The van der Waals surface area contributed by atoms with E-state index in [2.05, 4.69) is 32.7 Å². The van der Waals surface area contributed by atoms with Crippen molar-refractivity contribution in [1.29, 1.82) is 0 Å². The van der Waals surface area contributed by atoms with E-state index in [1.165, 1.54) is 37.9 Å². The number of amides is 1. The molecular weight excluding hydrogens is 453 g/mol. The highest BCUT2D eigenvalue weighted by atomic mass is 127. The Morgan fingerprint density at radius 1 is 1.04 bits per heavy atom. The average molecular weight is 485 g/mol. The quantitative estimate of drug-likeness (QED) is 0.370. The van der Waals surface area contributed by atoms with Gasteiger partial charge in [0.2, 0.25) is 5.91 Å². The van der Waals surface area contributed by atoms with E-state index in [0.717, 1.165) is 44.2 Å². The van der Waals surface area contributed by atoms with Gasteiger partial charge in [0.25, 0.3) is 0 Å². The third-order valence-corrected chi connectivity index (χ3v) is 5.17. The van der Waals surface area contributed by atoms with Crippen molar-refractivity contribution in [3.63, 3.8) is 0 Å². The molecule has 1 aromatic carbocycles. The van der Waals surface area contributed by atoms with Crippen LogP contribution >= 0.6 is 24.0 Å². The lowest BCUT2D eigenvalue weighted by Crippen LogP contribution is -2.42. The highest BCUT2D eigenvalue weighted by Gasteiger charge is 2.21. The van der Waals surface area contributed by atoms with E-state index in [4.69, 9.17) is 0 Å². The summed E-state index contributed by atoms with van der Waals surface area (Å²) in [5, 5.41) is 6.75. The summed E-state index contributed by atoms with van der Waals surface area (Å²) < 4.78 is 0. The largest absolute Gasteiger partial charge is 0.355 e. The number of carbonyl (C=O) groups excluding carboxylic acids is 1. The van der Waals surface area contributed by atoms with Crippen LogP contribution in [-0.2, 0) is 11.3 Å². The van der Waals surface area contributed by atoms with Gasteiger partial charge in [0.05, 0.1) is 0 Å². The molecule has 2 fully saturated rings. The normalized spacial score (nSPS) is 18.3. The van der Waals surface area contributed by atoms with Gasteiger partial charge < -0.3 is 20.4 Å². The number of nitrogens with one attached hydrogen (secondary N) is 2. The van der Waals surface area contributed by atoms with Gasteiger partial charge in [-0.1, -0.05) is 18.6 Å². The van der Waals surface area contributed by atoms with Gasteiger partial charge in [-0.15, -0.1) is 24.0 Å². The average Bonchev–Trinajstić information content (AvgIpc) is 3.12. The van der Waals surface area contributed by atoms with Crippen molar-refractivity contribution in [3.05, 3.63) is 29.8 Å². The second kappa shape index (κ2) is 11.5. The van der Waals surface area contributed by atoms with Crippen LogP contribution in [0.15, 0.2) is 29.3 Å². The number of nitrogens with zero attached hydrogens (tertiary/aromatic N) is 3. The summed E-state index contributed by atoms with van der Waals surface area (Å²) in [5.74, 6) is 1.06. The zero-order valence-electron chi connectivity index (χ0n) is 16.2. The van der Waals surface area contributed by atoms with Crippen LogP contribution in [0.1, 0.15) is 37.7 Å². The fourth-order valence-corrected chi connectivity index (χ4v) is 3.64. The molecule has 27 heavy (non-hydrogen) atoms. The highest BCUT2D eigenvalue weighted by molar-refractivity contribution is 14.0. The van der Waals surface area contributed by atoms with Crippen LogP contribution in [0.3, 0.4) is 0 Å². The summed E-state index contributed by atoms with van der Waals surface area (Å²) in [4.78, 5) is 20.5.